The highest BCUT2D eigenvalue weighted by Gasteiger charge is 2.05. The monoisotopic (exact) mass is 274 g/mol. The van der Waals surface area contributed by atoms with Crippen LogP contribution in [0.1, 0.15) is 40.0 Å². The van der Waals surface area contributed by atoms with Gasteiger partial charge < -0.3 is 20.5 Å². The summed E-state index contributed by atoms with van der Waals surface area (Å²) in [6.07, 6.45) is 2.12. The molecule has 0 radical (unpaired) electrons. The maximum Gasteiger partial charge on any atom is 0.221 e. The average molecular weight is 274 g/mol. The van der Waals surface area contributed by atoms with Crippen molar-refractivity contribution in [2.75, 3.05) is 32.8 Å². The van der Waals surface area contributed by atoms with Crippen molar-refractivity contribution in [3.05, 3.63) is 0 Å². The van der Waals surface area contributed by atoms with Crippen LogP contribution in [0.25, 0.3) is 0 Å². The number of aliphatic hydroxyl groups is 1. The van der Waals surface area contributed by atoms with Crippen LogP contribution in [0.3, 0.4) is 0 Å². The molecule has 0 fully saturated rings. The lowest BCUT2D eigenvalue weighted by Gasteiger charge is -2.12. The van der Waals surface area contributed by atoms with E-state index in [1.165, 1.54) is 0 Å². The van der Waals surface area contributed by atoms with Gasteiger partial charge in [-0.1, -0.05) is 13.8 Å². The summed E-state index contributed by atoms with van der Waals surface area (Å²) in [5.41, 5.74) is 0. The third kappa shape index (κ3) is 13.6. The molecule has 1 amide bonds. The van der Waals surface area contributed by atoms with Crippen LogP contribution in [0.5, 0.6) is 0 Å². The van der Waals surface area contributed by atoms with Crippen LogP contribution in [-0.2, 0) is 9.53 Å². The van der Waals surface area contributed by atoms with Gasteiger partial charge in [-0.2, -0.15) is 0 Å². The van der Waals surface area contributed by atoms with Gasteiger partial charge in [-0.25, -0.2) is 0 Å². The van der Waals surface area contributed by atoms with Crippen molar-refractivity contribution in [2.45, 2.75) is 46.1 Å². The molecule has 3 N–H and O–H groups in total. The summed E-state index contributed by atoms with van der Waals surface area (Å²) in [6.45, 7) is 9.03. The summed E-state index contributed by atoms with van der Waals surface area (Å²) in [7, 11) is 0. The van der Waals surface area contributed by atoms with Crippen molar-refractivity contribution in [1.82, 2.24) is 10.6 Å². The zero-order valence-electron chi connectivity index (χ0n) is 12.6. The molecule has 5 nitrogen and oxygen atoms in total. The van der Waals surface area contributed by atoms with Gasteiger partial charge in [0.15, 0.2) is 0 Å². The van der Waals surface area contributed by atoms with E-state index in [-0.39, 0.29) is 5.91 Å². The Morgan fingerprint density at radius 2 is 2.11 bits per heavy atom. The molecule has 0 aliphatic carbocycles. The highest BCUT2D eigenvalue weighted by atomic mass is 16.5. The number of hydrogen-bond donors (Lipinski definition) is 3. The first-order valence-electron chi connectivity index (χ1n) is 7.29. The number of amides is 1. The van der Waals surface area contributed by atoms with Gasteiger partial charge in [-0.3, -0.25) is 4.79 Å². The van der Waals surface area contributed by atoms with Crippen LogP contribution in [0, 0.1) is 5.92 Å². The van der Waals surface area contributed by atoms with E-state index in [9.17, 15) is 9.90 Å². The lowest BCUT2D eigenvalue weighted by Crippen LogP contribution is -2.33. The quantitative estimate of drug-likeness (QED) is 0.463. The number of carbonyl (C=O) groups excluding carboxylic acids is 1. The summed E-state index contributed by atoms with van der Waals surface area (Å²) < 4.78 is 5.39. The molecule has 114 valence electrons. The van der Waals surface area contributed by atoms with Crippen LogP contribution in [-0.4, -0.2) is 50.0 Å². The van der Waals surface area contributed by atoms with Gasteiger partial charge in [-0.05, 0) is 25.7 Å². The van der Waals surface area contributed by atoms with Crippen LogP contribution in [0.4, 0.5) is 0 Å². The molecule has 0 heterocycles. The number of ether oxygens (including phenoxy) is 1. The van der Waals surface area contributed by atoms with Crippen molar-refractivity contribution in [1.29, 1.82) is 0 Å². The van der Waals surface area contributed by atoms with Gasteiger partial charge in [0.05, 0.1) is 12.7 Å². The van der Waals surface area contributed by atoms with Gasteiger partial charge >= 0.3 is 0 Å². The third-order valence-electron chi connectivity index (χ3n) is 2.66. The number of carbonyl (C=O) groups is 1. The average Bonchev–Trinajstić information content (AvgIpc) is 2.34. The molecule has 0 aromatic carbocycles. The standard InChI is InChI=1S/C14H30N2O3/c1-4-16-14(18)7-8-15-10-13(17)11-19-9-5-6-12(2)3/h12-13,15,17H,4-11H2,1-3H3,(H,16,18). The highest BCUT2D eigenvalue weighted by molar-refractivity contribution is 5.75. The van der Waals surface area contributed by atoms with Gasteiger partial charge in [0, 0.05) is 32.7 Å². The molecule has 0 aliphatic heterocycles. The normalized spacial score (nSPS) is 12.7. The van der Waals surface area contributed by atoms with Crippen LogP contribution < -0.4 is 10.6 Å². The number of aliphatic hydroxyl groups excluding tert-OH is 1. The SMILES string of the molecule is CCNC(=O)CCNCC(O)COCCCC(C)C. The van der Waals surface area contributed by atoms with Crippen molar-refractivity contribution in [3.8, 4) is 0 Å². The zero-order valence-corrected chi connectivity index (χ0v) is 12.6. The molecule has 19 heavy (non-hydrogen) atoms. The Morgan fingerprint density at radius 3 is 2.74 bits per heavy atom. The van der Waals surface area contributed by atoms with Crippen LogP contribution in [0.2, 0.25) is 0 Å². The summed E-state index contributed by atoms with van der Waals surface area (Å²) in [4.78, 5) is 11.1. The number of nitrogens with one attached hydrogen (secondary N) is 2. The van der Waals surface area contributed by atoms with E-state index >= 15 is 0 Å². The first-order chi connectivity index (χ1) is 9.06. The Bertz CT molecular complexity index is 223. The van der Waals surface area contributed by atoms with E-state index in [1.807, 2.05) is 6.92 Å². The van der Waals surface area contributed by atoms with Crippen molar-refractivity contribution in [2.24, 2.45) is 5.92 Å². The van der Waals surface area contributed by atoms with Crippen molar-refractivity contribution < 1.29 is 14.6 Å². The molecule has 0 aliphatic rings. The maximum atomic E-state index is 11.1. The van der Waals surface area contributed by atoms with E-state index < -0.39 is 6.10 Å². The van der Waals surface area contributed by atoms with Gasteiger partial charge in [-0.15, -0.1) is 0 Å². The minimum absolute atomic E-state index is 0.0365. The van der Waals surface area contributed by atoms with Crippen molar-refractivity contribution in [3.63, 3.8) is 0 Å². The predicted octanol–water partition coefficient (Wildman–Crippen LogP) is 0.916. The summed E-state index contributed by atoms with van der Waals surface area (Å²) in [5, 5.41) is 15.4. The van der Waals surface area contributed by atoms with E-state index in [2.05, 4.69) is 24.5 Å². The summed E-state index contributed by atoms with van der Waals surface area (Å²) >= 11 is 0. The molecule has 0 rings (SSSR count). The molecular weight excluding hydrogens is 244 g/mol. The molecule has 0 saturated heterocycles. The van der Waals surface area contributed by atoms with Crippen molar-refractivity contribution >= 4 is 5.91 Å². The Morgan fingerprint density at radius 1 is 1.37 bits per heavy atom. The van der Waals surface area contributed by atoms with E-state index in [0.717, 1.165) is 12.8 Å². The van der Waals surface area contributed by atoms with Gasteiger partial charge in [0.2, 0.25) is 5.91 Å². The predicted molar refractivity (Wildman–Crippen MR) is 77.1 cm³/mol. The fourth-order valence-corrected chi connectivity index (χ4v) is 1.63. The lowest BCUT2D eigenvalue weighted by atomic mass is 10.1. The Balaban J connectivity index is 3.30. The first-order valence-corrected chi connectivity index (χ1v) is 7.29. The summed E-state index contributed by atoms with van der Waals surface area (Å²) in [5.74, 6) is 0.735. The number of rotatable bonds is 12. The van der Waals surface area contributed by atoms with Crippen LogP contribution in [0.15, 0.2) is 0 Å². The fourth-order valence-electron chi connectivity index (χ4n) is 1.63. The molecule has 0 aromatic rings. The van der Waals surface area contributed by atoms with Crippen LogP contribution >= 0.6 is 0 Å². The molecule has 0 bridgehead atoms. The third-order valence-corrected chi connectivity index (χ3v) is 2.66. The fraction of sp³-hybridized carbons (Fsp3) is 0.929. The van der Waals surface area contributed by atoms with E-state index in [0.29, 0.717) is 45.2 Å². The largest absolute Gasteiger partial charge is 0.389 e. The molecular formula is C14H30N2O3. The molecule has 1 unspecified atom stereocenters. The molecule has 0 saturated carbocycles. The Hall–Kier alpha value is -0.650. The second kappa shape index (κ2) is 12.4. The molecule has 0 spiro atoms. The minimum atomic E-state index is -0.506. The molecule has 0 aromatic heterocycles. The van der Waals surface area contributed by atoms with E-state index in [4.69, 9.17) is 4.74 Å². The van der Waals surface area contributed by atoms with Gasteiger partial charge in [0.25, 0.3) is 0 Å². The second-order valence-electron chi connectivity index (χ2n) is 5.17. The zero-order chi connectivity index (χ0) is 14.5. The highest BCUT2D eigenvalue weighted by Crippen LogP contribution is 2.03. The molecule has 5 heteroatoms. The number of hydrogen-bond acceptors (Lipinski definition) is 4. The van der Waals surface area contributed by atoms with E-state index in [1.54, 1.807) is 0 Å². The second-order valence-corrected chi connectivity index (χ2v) is 5.17. The smallest absolute Gasteiger partial charge is 0.221 e. The Kier molecular flexibility index (Phi) is 12.0. The Labute approximate surface area is 117 Å². The minimum Gasteiger partial charge on any atom is -0.389 e. The maximum absolute atomic E-state index is 11.1. The summed E-state index contributed by atoms with van der Waals surface area (Å²) in [6, 6.07) is 0. The van der Waals surface area contributed by atoms with Gasteiger partial charge in [0.1, 0.15) is 0 Å². The first kappa shape index (κ1) is 18.4. The lowest BCUT2D eigenvalue weighted by molar-refractivity contribution is -0.120. The topological polar surface area (TPSA) is 70.6 Å². The molecule has 1 atom stereocenters.